The fourth-order valence-corrected chi connectivity index (χ4v) is 3.46. The Morgan fingerprint density at radius 1 is 1.17 bits per heavy atom. The third-order valence-electron chi connectivity index (χ3n) is 4.83. The van der Waals surface area contributed by atoms with Gasteiger partial charge in [0.25, 0.3) is 0 Å². The largest absolute Gasteiger partial charge is 0.488 e. The highest BCUT2D eigenvalue weighted by atomic mass is 19.1. The van der Waals surface area contributed by atoms with Crippen LogP contribution in [0, 0.1) is 11.6 Å². The topological polar surface area (TPSA) is 51.7 Å². The summed E-state index contributed by atoms with van der Waals surface area (Å²) in [5, 5.41) is 0. The Balaban J connectivity index is 1.73. The number of rotatable bonds is 8. The highest BCUT2D eigenvalue weighted by molar-refractivity contribution is 5.76. The van der Waals surface area contributed by atoms with E-state index in [1.165, 1.54) is 18.6 Å². The van der Waals surface area contributed by atoms with Gasteiger partial charge in [0.2, 0.25) is 0 Å². The van der Waals surface area contributed by atoms with E-state index in [9.17, 15) is 13.6 Å². The van der Waals surface area contributed by atoms with E-state index in [1.54, 1.807) is 19.2 Å². The Labute approximate surface area is 169 Å². The first kappa shape index (κ1) is 21.0. The molecule has 1 fully saturated rings. The number of carbonyl (C=O) groups excluding carboxylic acids is 1. The molecular weight excluding hydrogens is 378 g/mol. The molecule has 0 radical (unpaired) electrons. The standard InChI is InChI=1S/C22H26F2N2O3/c1-2-28-20(27)9-7-13-29-21-18(23)14-16(15-19(21)24)17-8-6-10-25-22(17)26-11-4-3-5-12-26/h6,8,10,14-15H,2-5,7,9,11-13H2,1H3. The summed E-state index contributed by atoms with van der Waals surface area (Å²) in [6.45, 7) is 3.82. The molecule has 0 N–H and O–H groups in total. The molecule has 156 valence electrons. The van der Waals surface area contributed by atoms with Crippen LogP contribution in [0.5, 0.6) is 5.75 Å². The first-order chi connectivity index (χ1) is 14.1. The predicted molar refractivity (Wildman–Crippen MR) is 107 cm³/mol. The van der Waals surface area contributed by atoms with Crippen LogP contribution in [0.15, 0.2) is 30.5 Å². The van der Waals surface area contributed by atoms with E-state index >= 15 is 0 Å². The Morgan fingerprint density at radius 2 is 1.90 bits per heavy atom. The van der Waals surface area contributed by atoms with E-state index < -0.39 is 17.4 Å². The first-order valence-corrected chi connectivity index (χ1v) is 10.1. The van der Waals surface area contributed by atoms with Gasteiger partial charge in [0.05, 0.1) is 13.2 Å². The van der Waals surface area contributed by atoms with Gasteiger partial charge >= 0.3 is 5.97 Å². The number of aromatic nitrogens is 1. The molecule has 3 rings (SSSR count). The second-order valence-electron chi connectivity index (χ2n) is 6.95. The Morgan fingerprint density at radius 3 is 2.59 bits per heavy atom. The predicted octanol–water partition coefficient (Wildman–Crippen LogP) is 4.74. The Hall–Kier alpha value is -2.70. The third kappa shape index (κ3) is 5.43. The number of hydrogen-bond donors (Lipinski definition) is 0. The monoisotopic (exact) mass is 404 g/mol. The lowest BCUT2D eigenvalue weighted by Gasteiger charge is -2.29. The van der Waals surface area contributed by atoms with Crippen molar-refractivity contribution in [3.05, 3.63) is 42.1 Å². The second kappa shape index (κ2) is 10.2. The van der Waals surface area contributed by atoms with Crippen molar-refractivity contribution in [3.63, 3.8) is 0 Å². The van der Waals surface area contributed by atoms with Crippen molar-refractivity contribution in [3.8, 4) is 16.9 Å². The molecule has 5 nitrogen and oxygen atoms in total. The molecule has 0 bridgehead atoms. The van der Waals surface area contributed by atoms with Gasteiger partial charge in [-0.15, -0.1) is 0 Å². The van der Waals surface area contributed by atoms with E-state index in [-0.39, 0.29) is 19.0 Å². The van der Waals surface area contributed by atoms with Gasteiger partial charge in [-0.05, 0) is 62.4 Å². The summed E-state index contributed by atoms with van der Waals surface area (Å²) >= 11 is 0. The molecular formula is C22H26F2N2O3. The quantitative estimate of drug-likeness (QED) is 0.470. The average Bonchev–Trinajstić information content (AvgIpc) is 2.73. The average molecular weight is 404 g/mol. The normalized spacial score (nSPS) is 14.0. The zero-order valence-electron chi connectivity index (χ0n) is 16.6. The molecule has 1 aromatic carbocycles. The molecule has 2 heterocycles. The molecule has 1 aromatic heterocycles. The fourth-order valence-electron chi connectivity index (χ4n) is 3.46. The van der Waals surface area contributed by atoms with E-state index in [4.69, 9.17) is 9.47 Å². The molecule has 1 aliphatic heterocycles. The SMILES string of the molecule is CCOC(=O)CCCOc1c(F)cc(-c2cccnc2N2CCCCC2)cc1F. The molecule has 1 saturated heterocycles. The number of carbonyl (C=O) groups is 1. The van der Waals surface area contributed by atoms with E-state index in [2.05, 4.69) is 9.88 Å². The van der Waals surface area contributed by atoms with Crippen molar-refractivity contribution in [1.29, 1.82) is 0 Å². The molecule has 0 saturated carbocycles. The minimum atomic E-state index is -0.774. The molecule has 0 spiro atoms. The summed E-state index contributed by atoms with van der Waals surface area (Å²) < 4.78 is 39.2. The number of benzene rings is 1. The lowest BCUT2D eigenvalue weighted by molar-refractivity contribution is -0.143. The lowest BCUT2D eigenvalue weighted by atomic mass is 10.0. The maximum atomic E-state index is 14.6. The van der Waals surface area contributed by atoms with Crippen molar-refractivity contribution in [2.45, 2.75) is 39.0 Å². The summed E-state index contributed by atoms with van der Waals surface area (Å²) in [7, 11) is 0. The van der Waals surface area contributed by atoms with Crippen LogP contribution >= 0.6 is 0 Å². The number of hydrogen-bond acceptors (Lipinski definition) is 5. The van der Waals surface area contributed by atoms with Crippen LogP contribution in [0.2, 0.25) is 0 Å². The first-order valence-electron chi connectivity index (χ1n) is 10.1. The van der Waals surface area contributed by atoms with Gasteiger partial charge in [0.1, 0.15) is 5.82 Å². The second-order valence-corrected chi connectivity index (χ2v) is 6.95. The molecule has 2 aromatic rings. The van der Waals surface area contributed by atoms with Crippen LogP contribution in [0.4, 0.5) is 14.6 Å². The number of pyridine rings is 1. The van der Waals surface area contributed by atoms with Gasteiger partial charge in [-0.25, -0.2) is 13.8 Å². The van der Waals surface area contributed by atoms with Crippen LogP contribution < -0.4 is 9.64 Å². The number of piperidine rings is 1. The Kier molecular flexibility index (Phi) is 7.38. The number of nitrogens with zero attached hydrogens (tertiary/aromatic N) is 2. The maximum Gasteiger partial charge on any atom is 0.305 e. The van der Waals surface area contributed by atoms with E-state index in [0.717, 1.165) is 31.7 Å². The molecule has 0 unspecified atom stereocenters. The van der Waals surface area contributed by atoms with Gasteiger partial charge in [-0.1, -0.05) is 0 Å². The van der Waals surface area contributed by atoms with Gasteiger partial charge < -0.3 is 14.4 Å². The zero-order valence-corrected chi connectivity index (χ0v) is 16.6. The molecule has 7 heteroatoms. The molecule has 0 atom stereocenters. The highest BCUT2D eigenvalue weighted by Crippen LogP contribution is 2.34. The summed E-state index contributed by atoms with van der Waals surface area (Å²) in [6, 6.07) is 6.13. The molecule has 29 heavy (non-hydrogen) atoms. The summed E-state index contributed by atoms with van der Waals surface area (Å²) in [4.78, 5) is 17.9. The van der Waals surface area contributed by atoms with Gasteiger partial charge in [-0.3, -0.25) is 4.79 Å². The molecule has 1 aliphatic rings. The minimum absolute atomic E-state index is 0.0257. The van der Waals surface area contributed by atoms with Crippen LogP contribution in [-0.2, 0) is 9.53 Å². The van der Waals surface area contributed by atoms with Crippen LogP contribution in [-0.4, -0.2) is 37.3 Å². The maximum absolute atomic E-state index is 14.6. The summed E-state index contributed by atoms with van der Waals surface area (Å²) in [6.07, 6.45) is 5.51. The van der Waals surface area contributed by atoms with Gasteiger partial charge in [-0.2, -0.15) is 0 Å². The lowest BCUT2D eigenvalue weighted by Crippen LogP contribution is -2.30. The number of anilines is 1. The van der Waals surface area contributed by atoms with Gasteiger partial charge in [0.15, 0.2) is 17.4 Å². The van der Waals surface area contributed by atoms with Crippen molar-refractivity contribution in [2.24, 2.45) is 0 Å². The van der Waals surface area contributed by atoms with Crippen molar-refractivity contribution < 1.29 is 23.0 Å². The van der Waals surface area contributed by atoms with E-state index in [0.29, 0.717) is 24.2 Å². The highest BCUT2D eigenvalue weighted by Gasteiger charge is 2.19. The smallest absolute Gasteiger partial charge is 0.305 e. The number of halogens is 2. The van der Waals surface area contributed by atoms with Crippen molar-refractivity contribution in [1.82, 2.24) is 4.98 Å². The van der Waals surface area contributed by atoms with Crippen LogP contribution in [0.1, 0.15) is 39.0 Å². The zero-order chi connectivity index (χ0) is 20.6. The molecule has 0 amide bonds. The summed E-state index contributed by atoms with van der Waals surface area (Å²) in [5.74, 6) is -1.58. The number of ether oxygens (including phenoxy) is 2. The van der Waals surface area contributed by atoms with Crippen LogP contribution in [0.25, 0.3) is 11.1 Å². The minimum Gasteiger partial charge on any atom is -0.488 e. The van der Waals surface area contributed by atoms with Crippen molar-refractivity contribution >= 4 is 11.8 Å². The van der Waals surface area contributed by atoms with Crippen LogP contribution in [0.3, 0.4) is 0 Å². The van der Waals surface area contributed by atoms with E-state index in [1.807, 2.05) is 6.07 Å². The summed E-state index contributed by atoms with van der Waals surface area (Å²) in [5.41, 5.74) is 1.12. The van der Waals surface area contributed by atoms with Gasteiger partial charge in [0, 0.05) is 31.3 Å². The molecule has 0 aliphatic carbocycles. The number of esters is 1. The third-order valence-corrected chi connectivity index (χ3v) is 4.83. The Bertz CT molecular complexity index is 816. The fraction of sp³-hybridized carbons (Fsp3) is 0.455. The van der Waals surface area contributed by atoms with Crippen molar-refractivity contribution in [2.75, 3.05) is 31.2 Å².